The van der Waals surface area contributed by atoms with Gasteiger partial charge in [-0.1, -0.05) is 25.1 Å². The summed E-state index contributed by atoms with van der Waals surface area (Å²) in [6.07, 6.45) is -4.06. The predicted octanol–water partition coefficient (Wildman–Crippen LogP) is 5.00. The normalized spacial score (nSPS) is 16.1. The monoisotopic (exact) mass is 408 g/mol. The van der Waals surface area contributed by atoms with E-state index in [1.165, 1.54) is 24.3 Å². The van der Waals surface area contributed by atoms with Gasteiger partial charge in [-0.05, 0) is 48.2 Å². The van der Waals surface area contributed by atoms with Gasteiger partial charge in [0.15, 0.2) is 0 Å². The average Bonchev–Trinajstić information content (AvgIpc) is 2.68. The molecular formula is C22H24F4N2O. The van der Waals surface area contributed by atoms with Crippen molar-refractivity contribution in [2.45, 2.75) is 32.4 Å². The maximum Gasteiger partial charge on any atom is 0.416 e. The number of carbonyl (C=O) groups is 1. The van der Waals surface area contributed by atoms with Crippen molar-refractivity contribution >= 4 is 11.6 Å². The number of halogens is 4. The maximum absolute atomic E-state index is 13.1. The van der Waals surface area contributed by atoms with Gasteiger partial charge in [0.1, 0.15) is 5.82 Å². The van der Waals surface area contributed by atoms with E-state index in [1.54, 1.807) is 24.0 Å². The van der Waals surface area contributed by atoms with E-state index in [1.807, 2.05) is 11.8 Å². The third kappa shape index (κ3) is 5.08. The van der Waals surface area contributed by atoms with Gasteiger partial charge in [-0.25, -0.2) is 4.39 Å². The van der Waals surface area contributed by atoms with E-state index in [0.29, 0.717) is 38.3 Å². The van der Waals surface area contributed by atoms with Crippen LogP contribution in [-0.2, 0) is 11.0 Å². The number of piperazine rings is 1. The smallest absolute Gasteiger partial charge is 0.368 e. The van der Waals surface area contributed by atoms with Crippen LogP contribution in [0, 0.1) is 12.7 Å². The Bertz CT molecular complexity index is 856. The molecule has 1 saturated heterocycles. The zero-order valence-corrected chi connectivity index (χ0v) is 16.5. The lowest BCUT2D eigenvalue weighted by atomic mass is 9.97. The molecule has 29 heavy (non-hydrogen) atoms. The van der Waals surface area contributed by atoms with Crippen LogP contribution in [0.15, 0.2) is 42.5 Å². The zero-order valence-electron chi connectivity index (χ0n) is 16.5. The fourth-order valence-corrected chi connectivity index (χ4v) is 3.62. The summed E-state index contributed by atoms with van der Waals surface area (Å²) in [5, 5.41) is 0. The van der Waals surface area contributed by atoms with E-state index >= 15 is 0 Å². The van der Waals surface area contributed by atoms with Crippen molar-refractivity contribution in [3.05, 3.63) is 65.0 Å². The largest absolute Gasteiger partial charge is 0.416 e. The first-order valence-corrected chi connectivity index (χ1v) is 9.61. The summed E-state index contributed by atoms with van der Waals surface area (Å²) in [7, 11) is 0. The third-order valence-corrected chi connectivity index (χ3v) is 5.43. The molecule has 3 rings (SSSR count). The fourth-order valence-electron chi connectivity index (χ4n) is 3.62. The molecule has 156 valence electrons. The van der Waals surface area contributed by atoms with Crippen LogP contribution in [0.4, 0.5) is 23.2 Å². The summed E-state index contributed by atoms with van der Waals surface area (Å²) in [6, 6.07) is 9.89. The number of anilines is 1. The lowest BCUT2D eigenvalue weighted by Gasteiger charge is -2.37. The molecule has 0 spiro atoms. The minimum atomic E-state index is -4.38. The van der Waals surface area contributed by atoms with Crippen LogP contribution in [0.2, 0.25) is 0 Å². The Labute approximate surface area is 167 Å². The number of benzene rings is 2. The molecule has 0 aromatic heterocycles. The Morgan fingerprint density at radius 3 is 2.24 bits per heavy atom. The summed E-state index contributed by atoms with van der Waals surface area (Å²) in [5.41, 5.74) is 1.58. The second-order valence-electron chi connectivity index (χ2n) is 7.52. The molecule has 3 nitrogen and oxygen atoms in total. The van der Waals surface area contributed by atoms with Crippen molar-refractivity contribution in [2.24, 2.45) is 0 Å². The van der Waals surface area contributed by atoms with E-state index in [2.05, 4.69) is 0 Å². The lowest BCUT2D eigenvalue weighted by Crippen LogP contribution is -2.49. The van der Waals surface area contributed by atoms with Crippen LogP contribution >= 0.6 is 0 Å². The molecule has 0 N–H and O–H groups in total. The molecular weight excluding hydrogens is 384 g/mol. The van der Waals surface area contributed by atoms with Gasteiger partial charge >= 0.3 is 6.18 Å². The van der Waals surface area contributed by atoms with Crippen molar-refractivity contribution in [3.63, 3.8) is 0 Å². The summed E-state index contributed by atoms with van der Waals surface area (Å²) in [4.78, 5) is 16.3. The van der Waals surface area contributed by atoms with Crippen LogP contribution in [0.1, 0.15) is 36.0 Å². The van der Waals surface area contributed by atoms with Gasteiger partial charge < -0.3 is 9.80 Å². The highest BCUT2D eigenvalue weighted by Crippen LogP contribution is 2.33. The van der Waals surface area contributed by atoms with Crippen LogP contribution < -0.4 is 4.90 Å². The van der Waals surface area contributed by atoms with Crippen LogP contribution in [-0.4, -0.2) is 37.0 Å². The molecule has 2 aromatic carbocycles. The first-order valence-electron chi connectivity index (χ1n) is 9.61. The SMILES string of the molecule is Cc1ccc(C(F)(F)F)cc1N1CCN(C(=O)C[C@H](C)c2ccc(F)cc2)CC1. The van der Waals surface area contributed by atoms with Gasteiger partial charge in [-0.2, -0.15) is 13.2 Å². The van der Waals surface area contributed by atoms with Gasteiger partial charge in [0.25, 0.3) is 0 Å². The molecule has 0 bridgehead atoms. The van der Waals surface area contributed by atoms with Crippen LogP contribution in [0.5, 0.6) is 0 Å². The van der Waals surface area contributed by atoms with Crippen LogP contribution in [0.3, 0.4) is 0 Å². The molecule has 0 radical (unpaired) electrons. The number of hydrogen-bond donors (Lipinski definition) is 0. The summed E-state index contributed by atoms with van der Waals surface area (Å²) >= 11 is 0. The van der Waals surface area contributed by atoms with Gasteiger partial charge in [0.2, 0.25) is 5.91 Å². The number of hydrogen-bond acceptors (Lipinski definition) is 2. The minimum Gasteiger partial charge on any atom is -0.368 e. The van der Waals surface area contributed by atoms with E-state index in [9.17, 15) is 22.4 Å². The highest BCUT2D eigenvalue weighted by Gasteiger charge is 2.32. The van der Waals surface area contributed by atoms with Gasteiger partial charge in [-0.15, -0.1) is 0 Å². The minimum absolute atomic E-state index is 0.00207. The quantitative estimate of drug-likeness (QED) is 0.665. The van der Waals surface area contributed by atoms with Gasteiger partial charge in [0.05, 0.1) is 5.56 Å². The number of rotatable bonds is 4. The Kier molecular flexibility index (Phi) is 6.15. The standard InChI is InChI=1S/C22H24F4N2O/c1-15-3-6-18(22(24,25)26)14-20(15)27-9-11-28(12-10-27)21(29)13-16(2)17-4-7-19(23)8-5-17/h3-8,14,16H,9-13H2,1-2H3/t16-/m0/s1. The number of nitrogens with zero attached hydrogens (tertiary/aromatic N) is 2. The highest BCUT2D eigenvalue weighted by atomic mass is 19.4. The molecule has 0 saturated carbocycles. The number of amides is 1. The Hall–Kier alpha value is -2.57. The Morgan fingerprint density at radius 1 is 1.03 bits per heavy atom. The van der Waals surface area contributed by atoms with Crippen LogP contribution in [0.25, 0.3) is 0 Å². The van der Waals surface area contributed by atoms with Crippen molar-refractivity contribution < 1.29 is 22.4 Å². The summed E-state index contributed by atoms with van der Waals surface area (Å²) in [6.45, 7) is 5.61. The predicted molar refractivity (Wildman–Crippen MR) is 104 cm³/mol. The Morgan fingerprint density at radius 2 is 1.66 bits per heavy atom. The van der Waals surface area contributed by atoms with Crippen molar-refractivity contribution in [3.8, 4) is 0 Å². The average molecular weight is 408 g/mol. The fraction of sp³-hybridized carbons (Fsp3) is 0.409. The molecule has 0 aliphatic carbocycles. The van der Waals surface area contributed by atoms with Gasteiger partial charge in [0, 0.05) is 38.3 Å². The summed E-state index contributed by atoms with van der Waals surface area (Å²) < 4.78 is 52.1. The molecule has 1 atom stereocenters. The van der Waals surface area contributed by atoms with E-state index in [0.717, 1.165) is 17.2 Å². The number of aryl methyl sites for hydroxylation is 1. The van der Waals surface area contributed by atoms with Crippen molar-refractivity contribution in [1.82, 2.24) is 4.90 Å². The van der Waals surface area contributed by atoms with E-state index in [-0.39, 0.29) is 17.6 Å². The number of carbonyl (C=O) groups excluding carboxylic acids is 1. The molecule has 1 aliphatic rings. The summed E-state index contributed by atoms with van der Waals surface area (Å²) in [5.74, 6) is -0.345. The molecule has 0 unspecified atom stereocenters. The first-order chi connectivity index (χ1) is 13.6. The zero-order chi connectivity index (χ0) is 21.2. The number of alkyl halides is 3. The van der Waals surface area contributed by atoms with Crippen molar-refractivity contribution in [1.29, 1.82) is 0 Å². The Balaban J connectivity index is 1.60. The third-order valence-electron chi connectivity index (χ3n) is 5.43. The molecule has 1 fully saturated rings. The maximum atomic E-state index is 13.1. The highest BCUT2D eigenvalue weighted by molar-refractivity contribution is 5.77. The second-order valence-corrected chi connectivity index (χ2v) is 7.52. The molecule has 1 aliphatic heterocycles. The van der Waals surface area contributed by atoms with E-state index in [4.69, 9.17) is 0 Å². The molecule has 1 heterocycles. The molecule has 7 heteroatoms. The lowest BCUT2D eigenvalue weighted by molar-refractivity contribution is -0.137. The van der Waals surface area contributed by atoms with Gasteiger partial charge in [-0.3, -0.25) is 4.79 Å². The topological polar surface area (TPSA) is 23.6 Å². The van der Waals surface area contributed by atoms with Crippen molar-refractivity contribution in [2.75, 3.05) is 31.1 Å². The second kappa shape index (κ2) is 8.43. The van der Waals surface area contributed by atoms with E-state index < -0.39 is 11.7 Å². The molecule has 1 amide bonds. The molecule has 2 aromatic rings. The first kappa shape index (κ1) is 21.1.